The summed E-state index contributed by atoms with van der Waals surface area (Å²) in [6.45, 7) is -0.307. The predicted octanol–water partition coefficient (Wildman–Crippen LogP) is 0.695. The molecule has 0 saturated carbocycles. The van der Waals surface area contributed by atoms with Gasteiger partial charge in [0.05, 0.1) is 4.47 Å². The van der Waals surface area contributed by atoms with E-state index in [0.717, 1.165) is 4.57 Å². The number of carbonyl (C=O) groups is 1. The van der Waals surface area contributed by atoms with Gasteiger partial charge in [0.15, 0.2) is 0 Å². The topological polar surface area (TPSA) is 59.3 Å². The SMILES string of the molecule is O=C(O)Cn1cccc(Br)c1=O. The van der Waals surface area contributed by atoms with Crippen molar-refractivity contribution in [1.29, 1.82) is 0 Å². The number of nitrogens with zero attached hydrogens (tertiary/aromatic N) is 1. The van der Waals surface area contributed by atoms with Gasteiger partial charge in [-0.2, -0.15) is 0 Å². The van der Waals surface area contributed by atoms with Gasteiger partial charge in [-0.1, -0.05) is 0 Å². The van der Waals surface area contributed by atoms with Crippen molar-refractivity contribution in [3.8, 4) is 0 Å². The number of hydrogen-bond acceptors (Lipinski definition) is 2. The fourth-order valence-corrected chi connectivity index (χ4v) is 1.16. The summed E-state index contributed by atoms with van der Waals surface area (Å²) in [5.74, 6) is -1.03. The van der Waals surface area contributed by atoms with Gasteiger partial charge in [0.1, 0.15) is 6.54 Å². The maximum atomic E-state index is 11.2. The van der Waals surface area contributed by atoms with E-state index in [1.807, 2.05) is 0 Å². The smallest absolute Gasteiger partial charge is 0.323 e. The highest BCUT2D eigenvalue weighted by atomic mass is 79.9. The normalized spacial score (nSPS) is 9.75. The Morgan fingerprint density at radius 3 is 2.92 bits per heavy atom. The lowest BCUT2D eigenvalue weighted by atomic mass is 10.4. The molecule has 12 heavy (non-hydrogen) atoms. The highest BCUT2D eigenvalue weighted by Gasteiger charge is 2.02. The summed E-state index contributed by atoms with van der Waals surface area (Å²) in [5, 5.41) is 8.41. The average molecular weight is 232 g/mol. The second kappa shape index (κ2) is 3.53. The van der Waals surface area contributed by atoms with Gasteiger partial charge < -0.3 is 9.67 Å². The van der Waals surface area contributed by atoms with Crippen LogP contribution in [-0.4, -0.2) is 15.6 Å². The van der Waals surface area contributed by atoms with E-state index in [2.05, 4.69) is 15.9 Å². The summed E-state index contributed by atoms with van der Waals surface area (Å²) < 4.78 is 1.48. The first kappa shape index (κ1) is 8.99. The van der Waals surface area contributed by atoms with E-state index in [1.54, 1.807) is 12.1 Å². The second-order valence-corrected chi connectivity index (χ2v) is 3.04. The molecule has 1 heterocycles. The molecule has 0 fully saturated rings. The predicted molar refractivity (Wildman–Crippen MR) is 46.0 cm³/mol. The van der Waals surface area contributed by atoms with Gasteiger partial charge in [0.2, 0.25) is 0 Å². The van der Waals surface area contributed by atoms with Crippen LogP contribution in [0.3, 0.4) is 0 Å². The zero-order chi connectivity index (χ0) is 9.14. The zero-order valence-corrected chi connectivity index (χ0v) is 7.61. The molecule has 0 radical (unpaired) electrons. The minimum atomic E-state index is -1.03. The molecule has 0 aliphatic heterocycles. The lowest BCUT2D eigenvalue weighted by molar-refractivity contribution is -0.137. The lowest BCUT2D eigenvalue weighted by Gasteiger charge is -2.00. The third-order valence-corrected chi connectivity index (χ3v) is 1.88. The maximum absolute atomic E-state index is 11.2. The first-order valence-electron chi connectivity index (χ1n) is 3.18. The number of halogens is 1. The lowest BCUT2D eigenvalue weighted by Crippen LogP contribution is -2.23. The van der Waals surface area contributed by atoms with Gasteiger partial charge in [-0.15, -0.1) is 0 Å². The van der Waals surface area contributed by atoms with E-state index in [9.17, 15) is 9.59 Å². The molecule has 1 aromatic rings. The Morgan fingerprint density at radius 1 is 1.67 bits per heavy atom. The molecule has 1 rings (SSSR count). The molecule has 5 heteroatoms. The molecule has 0 spiro atoms. The molecular weight excluding hydrogens is 226 g/mol. The van der Waals surface area contributed by atoms with Crippen LogP contribution in [0.15, 0.2) is 27.6 Å². The van der Waals surface area contributed by atoms with Gasteiger partial charge in [-0.05, 0) is 28.1 Å². The summed E-state index contributed by atoms with van der Waals surface area (Å²) in [4.78, 5) is 21.4. The van der Waals surface area contributed by atoms with Crippen LogP contribution in [-0.2, 0) is 11.3 Å². The van der Waals surface area contributed by atoms with Crippen molar-refractivity contribution >= 4 is 21.9 Å². The number of carboxylic acid groups (broad SMARTS) is 1. The number of aliphatic carboxylic acids is 1. The maximum Gasteiger partial charge on any atom is 0.323 e. The van der Waals surface area contributed by atoms with Crippen LogP contribution in [0.5, 0.6) is 0 Å². The quantitative estimate of drug-likeness (QED) is 0.816. The van der Waals surface area contributed by atoms with E-state index in [4.69, 9.17) is 5.11 Å². The van der Waals surface area contributed by atoms with Crippen LogP contribution in [0.4, 0.5) is 0 Å². The molecular formula is C7H6BrNO3. The molecule has 1 aromatic heterocycles. The van der Waals surface area contributed by atoms with Gasteiger partial charge in [-0.3, -0.25) is 9.59 Å². The number of aromatic nitrogens is 1. The van der Waals surface area contributed by atoms with Gasteiger partial charge in [0.25, 0.3) is 5.56 Å². The van der Waals surface area contributed by atoms with Crippen molar-refractivity contribution in [3.05, 3.63) is 33.2 Å². The largest absolute Gasteiger partial charge is 0.480 e. The van der Waals surface area contributed by atoms with Gasteiger partial charge >= 0.3 is 5.97 Å². The molecule has 0 aliphatic carbocycles. The Hall–Kier alpha value is -1.10. The van der Waals surface area contributed by atoms with Crippen LogP contribution in [0.2, 0.25) is 0 Å². The minimum absolute atomic E-state index is 0.307. The van der Waals surface area contributed by atoms with E-state index in [-0.39, 0.29) is 12.1 Å². The Bertz CT molecular complexity index is 358. The summed E-state index contributed by atoms with van der Waals surface area (Å²) in [7, 11) is 0. The van der Waals surface area contributed by atoms with Crippen molar-refractivity contribution in [2.75, 3.05) is 0 Å². The van der Waals surface area contributed by atoms with Crippen molar-refractivity contribution in [2.24, 2.45) is 0 Å². The fourth-order valence-electron chi connectivity index (χ4n) is 0.778. The monoisotopic (exact) mass is 231 g/mol. The molecule has 0 bridgehead atoms. The van der Waals surface area contributed by atoms with Crippen LogP contribution < -0.4 is 5.56 Å². The van der Waals surface area contributed by atoms with Crippen molar-refractivity contribution in [2.45, 2.75) is 6.54 Å². The third kappa shape index (κ3) is 1.94. The third-order valence-electron chi connectivity index (χ3n) is 1.28. The molecule has 4 nitrogen and oxygen atoms in total. The minimum Gasteiger partial charge on any atom is -0.480 e. The van der Waals surface area contributed by atoms with Gasteiger partial charge in [0, 0.05) is 6.20 Å². The molecule has 0 atom stereocenters. The zero-order valence-electron chi connectivity index (χ0n) is 6.03. The highest BCUT2D eigenvalue weighted by molar-refractivity contribution is 9.10. The van der Waals surface area contributed by atoms with E-state index < -0.39 is 5.97 Å². The molecule has 64 valence electrons. The van der Waals surface area contributed by atoms with Crippen molar-refractivity contribution in [1.82, 2.24) is 4.57 Å². The van der Waals surface area contributed by atoms with Crippen LogP contribution in [0.1, 0.15) is 0 Å². The van der Waals surface area contributed by atoms with E-state index in [1.165, 1.54) is 6.20 Å². The van der Waals surface area contributed by atoms with Crippen LogP contribution in [0.25, 0.3) is 0 Å². The summed E-state index contributed by atoms with van der Waals surface area (Å²) in [6.07, 6.45) is 1.43. The Morgan fingerprint density at radius 2 is 2.33 bits per heavy atom. The highest BCUT2D eigenvalue weighted by Crippen LogP contribution is 2.00. The number of hydrogen-bond donors (Lipinski definition) is 1. The fraction of sp³-hybridized carbons (Fsp3) is 0.143. The number of rotatable bonds is 2. The summed E-state index contributed by atoms with van der Waals surface area (Å²) in [6, 6.07) is 3.18. The van der Waals surface area contributed by atoms with Gasteiger partial charge in [-0.25, -0.2) is 0 Å². The average Bonchev–Trinajstić information content (AvgIpc) is 1.98. The Labute approximate surface area is 76.6 Å². The summed E-state index contributed by atoms with van der Waals surface area (Å²) >= 11 is 3.01. The van der Waals surface area contributed by atoms with E-state index >= 15 is 0 Å². The molecule has 1 N–H and O–H groups in total. The van der Waals surface area contributed by atoms with Crippen molar-refractivity contribution in [3.63, 3.8) is 0 Å². The molecule has 0 aromatic carbocycles. The Kier molecular flexibility index (Phi) is 2.65. The Balaban J connectivity index is 3.09. The van der Waals surface area contributed by atoms with Crippen LogP contribution in [0, 0.1) is 0 Å². The van der Waals surface area contributed by atoms with Crippen molar-refractivity contribution < 1.29 is 9.90 Å². The standard InChI is InChI=1S/C7H6BrNO3/c8-5-2-1-3-9(7(5)12)4-6(10)11/h1-3H,4H2,(H,10,11). The molecule has 0 amide bonds. The summed E-state index contributed by atoms with van der Waals surface area (Å²) in [5.41, 5.74) is -0.333. The molecule has 0 aliphatic rings. The first-order valence-corrected chi connectivity index (χ1v) is 3.97. The molecule has 0 saturated heterocycles. The molecule has 0 unspecified atom stereocenters. The van der Waals surface area contributed by atoms with Crippen LogP contribution >= 0.6 is 15.9 Å². The number of pyridine rings is 1. The second-order valence-electron chi connectivity index (χ2n) is 2.18. The number of carboxylic acids is 1. The first-order chi connectivity index (χ1) is 5.61. The van der Waals surface area contributed by atoms with E-state index in [0.29, 0.717) is 4.47 Å².